The third-order valence-corrected chi connectivity index (χ3v) is 1.76. The zero-order valence-corrected chi connectivity index (χ0v) is 8.99. The van der Waals surface area contributed by atoms with Gasteiger partial charge in [-0.05, 0) is 19.1 Å². The Morgan fingerprint density at radius 3 is 2.67 bits per heavy atom. The summed E-state index contributed by atoms with van der Waals surface area (Å²) in [6, 6.07) is 9.73. The van der Waals surface area contributed by atoms with E-state index in [2.05, 4.69) is 11.8 Å². The van der Waals surface area contributed by atoms with E-state index in [-0.39, 0.29) is 12.1 Å². The molecule has 1 aromatic carbocycles. The second-order valence-corrected chi connectivity index (χ2v) is 3.29. The second kappa shape index (κ2) is 5.87. The lowest BCUT2D eigenvalue weighted by Crippen LogP contribution is -2.10. The highest BCUT2D eigenvalue weighted by Gasteiger charge is 2.01. The molecular weight excluding hydrogens is 188 g/mol. The van der Waals surface area contributed by atoms with Crippen LogP contribution in [0.4, 0.5) is 0 Å². The van der Waals surface area contributed by atoms with E-state index in [1.165, 1.54) is 6.92 Å². The van der Waals surface area contributed by atoms with Crippen LogP contribution in [0.2, 0.25) is 0 Å². The molecule has 0 saturated heterocycles. The maximum atomic E-state index is 10.6. The van der Waals surface area contributed by atoms with Crippen molar-refractivity contribution >= 4 is 5.97 Å². The highest BCUT2D eigenvalue weighted by atomic mass is 16.5. The molecule has 0 aromatic heterocycles. The Morgan fingerprint density at radius 1 is 1.40 bits per heavy atom. The molecule has 78 valence electrons. The van der Waals surface area contributed by atoms with Crippen molar-refractivity contribution in [2.24, 2.45) is 0 Å². The second-order valence-electron chi connectivity index (χ2n) is 3.29. The highest BCUT2D eigenvalue weighted by molar-refractivity contribution is 5.66. The van der Waals surface area contributed by atoms with Crippen molar-refractivity contribution in [3.63, 3.8) is 0 Å². The number of carbonyl (C=O) groups excluding carboxylic acids is 1. The summed E-state index contributed by atoms with van der Waals surface area (Å²) in [6.07, 6.45) is 0.424. The first-order valence-electron chi connectivity index (χ1n) is 4.89. The molecule has 0 bridgehead atoms. The molecule has 1 rings (SSSR count). The Labute approximate surface area is 90.3 Å². The van der Waals surface area contributed by atoms with Crippen LogP contribution in [-0.2, 0) is 9.53 Å². The summed E-state index contributed by atoms with van der Waals surface area (Å²) in [5, 5.41) is 0. The van der Waals surface area contributed by atoms with Crippen molar-refractivity contribution in [2.75, 3.05) is 0 Å². The van der Waals surface area contributed by atoms with Gasteiger partial charge in [0.25, 0.3) is 0 Å². The molecule has 0 N–H and O–H groups in total. The molecule has 0 fully saturated rings. The fourth-order valence-corrected chi connectivity index (χ4v) is 1.14. The van der Waals surface area contributed by atoms with Crippen molar-refractivity contribution in [2.45, 2.75) is 26.4 Å². The van der Waals surface area contributed by atoms with Crippen LogP contribution in [0.5, 0.6) is 0 Å². The van der Waals surface area contributed by atoms with Gasteiger partial charge in [-0.15, -0.1) is 0 Å². The summed E-state index contributed by atoms with van der Waals surface area (Å²) in [5.74, 6) is 5.73. The fourth-order valence-electron chi connectivity index (χ4n) is 1.14. The van der Waals surface area contributed by atoms with Crippen LogP contribution in [0.1, 0.15) is 25.8 Å². The van der Waals surface area contributed by atoms with Gasteiger partial charge in [0, 0.05) is 18.9 Å². The van der Waals surface area contributed by atoms with Crippen LogP contribution in [0.25, 0.3) is 0 Å². The lowest BCUT2D eigenvalue weighted by atomic mass is 10.2. The normalized spacial score (nSPS) is 11.1. The average Bonchev–Trinajstić information content (AvgIpc) is 2.18. The van der Waals surface area contributed by atoms with Gasteiger partial charge in [0.2, 0.25) is 0 Å². The molecule has 0 aliphatic heterocycles. The van der Waals surface area contributed by atoms with Crippen LogP contribution in [-0.4, -0.2) is 12.1 Å². The van der Waals surface area contributed by atoms with Gasteiger partial charge < -0.3 is 4.74 Å². The zero-order chi connectivity index (χ0) is 11.1. The molecule has 0 radical (unpaired) electrons. The molecule has 15 heavy (non-hydrogen) atoms. The minimum Gasteiger partial charge on any atom is -0.462 e. The number of esters is 1. The third-order valence-electron chi connectivity index (χ3n) is 1.76. The topological polar surface area (TPSA) is 26.3 Å². The minimum absolute atomic E-state index is 0.140. The van der Waals surface area contributed by atoms with Crippen LogP contribution >= 0.6 is 0 Å². The van der Waals surface area contributed by atoms with E-state index in [0.717, 1.165) is 5.56 Å². The molecule has 1 atom stereocenters. The molecule has 2 nitrogen and oxygen atoms in total. The lowest BCUT2D eigenvalue weighted by Gasteiger charge is -2.06. The molecule has 0 saturated carbocycles. The first kappa shape index (κ1) is 11.3. The first-order valence-corrected chi connectivity index (χ1v) is 4.89. The van der Waals surface area contributed by atoms with Crippen molar-refractivity contribution < 1.29 is 9.53 Å². The van der Waals surface area contributed by atoms with Gasteiger partial charge in [-0.1, -0.05) is 30.0 Å². The summed E-state index contributed by atoms with van der Waals surface area (Å²) >= 11 is 0. The van der Waals surface area contributed by atoms with Crippen LogP contribution in [0, 0.1) is 11.8 Å². The van der Waals surface area contributed by atoms with Crippen molar-refractivity contribution in [1.82, 2.24) is 0 Å². The minimum atomic E-state index is -0.260. The van der Waals surface area contributed by atoms with Gasteiger partial charge in [0.15, 0.2) is 0 Å². The Hall–Kier alpha value is -1.75. The van der Waals surface area contributed by atoms with E-state index < -0.39 is 0 Å². The van der Waals surface area contributed by atoms with E-state index in [0.29, 0.717) is 6.42 Å². The van der Waals surface area contributed by atoms with E-state index in [1.807, 2.05) is 37.3 Å². The summed E-state index contributed by atoms with van der Waals surface area (Å²) in [6.45, 7) is 3.24. The first-order chi connectivity index (χ1) is 7.18. The zero-order valence-electron chi connectivity index (χ0n) is 8.99. The van der Waals surface area contributed by atoms with Crippen LogP contribution in [0.3, 0.4) is 0 Å². The van der Waals surface area contributed by atoms with Crippen molar-refractivity contribution in [1.29, 1.82) is 0 Å². The quantitative estimate of drug-likeness (QED) is 0.543. The lowest BCUT2D eigenvalue weighted by molar-refractivity contribution is -0.145. The molecule has 0 aliphatic carbocycles. The monoisotopic (exact) mass is 202 g/mol. The van der Waals surface area contributed by atoms with Gasteiger partial charge in [-0.3, -0.25) is 4.79 Å². The number of hydrogen-bond acceptors (Lipinski definition) is 2. The number of carbonyl (C=O) groups is 1. The molecule has 0 aliphatic rings. The molecule has 1 aromatic rings. The van der Waals surface area contributed by atoms with E-state index in [4.69, 9.17) is 4.74 Å². The van der Waals surface area contributed by atoms with Crippen LogP contribution < -0.4 is 0 Å². The highest BCUT2D eigenvalue weighted by Crippen LogP contribution is 1.98. The van der Waals surface area contributed by atoms with E-state index >= 15 is 0 Å². The number of ether oxygens (including phenoxy) is 1. The van der Waals surface area contributed by atoms with E-state index in [1.54, 1.807) is 0 Å². The summed E-state index contributed by atoms with van der Waals surface area (Å²) in [5.41, 5.74) is 0.979. The van der Waals surface area contributed by atoms with E-state index in [9.17, 15) is 4.79 Å². The maximum Gasteiger partial charge on any atom is 0.302 e. The van der Waals surface area contributed by atoms with Gasteiger partial charge >= 0.3 is 5.97 Å². The molecular formula is C13H14O2. The smallest absolute Gasteiger partial charge is 0.302 e. The van der Waals surface area contributed by atoms with Gasteiger partial charge in [-0.2, -0.15) is 0 Å². The molecule has 0 amide bonds. The Balaban J connectivity index is 2.43. The average molecular weight is 202 g/mol. The molecule has 2 heteroatoms. The van der Waals surface area contributed by atoms with Gasteiger partial charge in [0.05, 0.1) is 0 Å². The number of hydrogen-bond donors (Lipinski definition) is 0. The van der Waals surface area contributed by atoms with Crippen molar-refractivity contribution in [3.8, 4) is 11.8 Å². The predicted molar refractivity (Wildman–Crippen MR) is 59.2 cm³/mol. The standard InChI is InChI=1S/C13H14O2/c1-11(15-12(2)14)7-6-10-13-8-4-3-5-9-13/h3-5,8-9,11H,7H2,1-2H3. The summed E-state index contributed by atoms with van der Waals surface area (Å²) < 4.78 is 4.95. The predicted octanol–water partition coefficient (Wildman–Crippen LogP) is 2.38. The largest absolute Gasteiger partial charge is 0.462 e. The Bertz CT molecular complexity index is 371. The van der Waals surface area contributed by atoms with Crippen molar-refractivity contribution in [3.05, 3.63) is 35.9 Å². The molecule has 1 unspecified atom stereocenters. The van der Waals surface area contributed by atoms with Gasteiger partial charge in [0.1, 0.15) is 6.10 Å². The Morgan fingerprint density at radius 2 is 2.07 bits per heavy atom. The fraction of sp³-hybridized carbons (Fsp3) is 0.308. The third kappa shape index (κ3) is 4.87. The number of benzene rings is 1. The number of rotatable bonds is 2. The molecule has 0 spiro atoms. The summed E-state index contributed by atoms with van der Waals surface area (Å²) in [4.78, 5) is 10.6. The summed E-state index contributed by atoms with van der Waals surface area (Å²) in [7, 11) is 0. The molecule has 0 heterocycles. The van der Waals surface area contributed by atoms with Gasteiger partial charge in [-0.25, -0.2) is 0 Å². The SMILES string of the molecule is CC(=O)OC(C)CC#Cc1ccccc1. The van der Waals surface area contributed by atoms with Crippen LogP contribution in [0.15, 0.2) is 30.3 Å². The Kier molecular flexibility index (Phi) is 4.43. The maximum absolute atomic E-state index is 10.6.